The van der Waals surface area contributed by atoms with Crippen LogP contribution in [-0.4, -0.2) is 49.8 Å². The van der Waals surface area contributed by atoms with Gasteiger partial charge in [0.25, 0.3) is 0 Å². The summed E-state index contributed by atoms with van der Waals surface area (Å²) in [5.74, 6) is -2.47. The normalized spacial score (nSPS) is 11.8. The van der Waals surface area contributed by atoms with Crippen LogP contribution < -0.4 is 0 Å². The van der Waals surface area contributed by atoms with E-state index in [1.165, 1.54) is 13.2 Å². The van der Waals surface area contributed by atoms with Crippen molar-refractivity contribution in [3.63, 3.8) is 0 Å². The Bertz CT molecular complexity index is 439. The summed E-state index contributed by atoms with van der Waals surface area (Å²) in [4.78, 5) is 32.8. The van der Waals surface area contributed by atoms with Crippen molar-refractivity contribution >= 4 is 17.9 Å². The maximum atomic E-state index is 11.4. The second kappa shape index (κ2) is 10.4. The third-order valence-corrected chi connectivity index (χ3v) is 1.81. The average molecular weight is 284 g/mol. The second-order valence-electron chi connectivity index (χ2n) is 3.28. The SMILES string of the molecule is CCOC(=O)C=C(CN=NCC=CC(=O)O)C(=O)OC. The van der Waals surface area contributed by atoms with Crippen molar-refractivity contribution in [1.29, 1.82) is 0 Å². The van der Waals surface area contributed by atoms with Gasteiger partial charge < -0.3 is 14.6 Å². The monoisotopic (exact) mass is 284 g/mol. The zero-order valence-electron chi connectivity index (χ0n) is 11.2. The van der Waals surface area contributed by atoms with Crippen LogP contribution in [0, 0.1) is 0 Å². The molecule has 0 atom stereocenters. The zero-order valence-corrected chi connectivity index (χ0v) is 11.2. The highest BCUT2D eigenvalue weighted by Crippen LogP contribution is 2.00. The molecule has 0 saturated carbocycles. The fraction of sp³-hybridized carbons (Fsp3) is 0.417. The smallest absolute Gasteiger partial charge is 0.335 e. The van der Waals surface area contributed by atoms with Gasteiger partial charge in [0, 0.05) is 12.2 Å². The lowest BCUT2D eigenvalue weighted by Gasteiger charge is -2.01. The van der Waals surface area contributed by atoms with Crippen LogP contribution in [-0.2, 0) is 23.9 Å². The molecule has 0 bridgehead atoms. The number of hydrogen-bond acceptors (Lipinski definition) is 7. The number of nitrogens with zero attached hydrogens (tertiary/aromatic N) is 2. The van der Waals surface area contributed by atoms with Crippen LogP contribution in [0.25, 0.3) is 0 Å². The molecule has 0 aliphatic carbocycles. The number of hydrogen-bond donors (Lipinski definition) is 1. The van der Waals surface area contributed by atoms with Gasteiger partial charge in [-0.3, -0.25) is 0 Å². The van der Waals surface area contributed by atoms with Crippen molar-refractivity contribution in [1.82, 2.24) is 0 Å². The molecule has 20 heavy (non-hydrogen) atoms. The van der Waals surface area contributed by atoms with Gasteiger partial charge in [0.15, 0.2) is 0 Å². The van der Waals surface area contributed by atoms with Crippen LogP contribution in [0.4, 0.5) is 0 Å². The number of ether oxygens (including phenoxy) is 2. The summed E-state index contributed by atoms with van der Waals surface area (Å²) in [7, 11) is 1.17. The minimum absolute atomic E-state index is 0.00286. The van der Waals surface area contributed by atoms with E-state index in [0.29, 0.717) is 0 Å². The Hall–Kier alpha value is -2.51. The molecular formula is C12H16N2O6. The van der Waals surface area contributed by atoms with Gasteiger partial charge in [0.2, 0.25) is 0 Å². The lowest BCUT2D eigenvalue weighted by atomic mass is 10.2. The van der Waals surface area contributed by atoms with Crippen molar-refractivity contribution < 1.29 is 29.0 Å². The van der Waals surface area contributed by atoms with Crippen LogP contribution in [0.15, 0.2) is 34.0 Å². The molecule has 110 valence electrons. The van der Waals surface area contributed by atoms with Crippen molar-refractivity contribution in [3.05, 3.63) is 23.8 Å². The van der Waals surface area contributed by atoms with Crippen molar-refractivity contribution in [2.24, 2.45) is 10.2 Å². The standard InChI is InChI=1S/C12H16N2O6/c1-3-20-11(17)7-9(12(18)19-2)8-14-13-6-4-5-10(15)16/h4-5,7H,3,6,8H2,1-2H3,(H,15,16). The van der Waals surface area contributed by atoms with E-state index in [1.807, 2.05) is 0 Å². The minimum atomic E-state index is -1.09. The van der Waals surface area contributed by atoms with Crippen molar-refractivity contribution in [2.45, 2.75) is 6.92 Å². The predicted octanol–water partition coefficient (Wildman–Crippen LogP) is 0.742. The van der Waals surface area contributed by atoms with E-state index < -0.39 is 17.9 Å². The van der Waals surface area contributed by atoms with Crippen molar-refractivity contribution in [3.8, 4) is 0 Å². The van der Waals surface area contributed by atoms with E-state index in [2.05, 4.69) is 19.7 Å². The number of carbonyl (C=O) groups is 3. The molecule has 8 nitrogen and oxygen atoms in total. The average Bonchev–Trinajstić information content (AvgIpc) is 2.40. The number of esters is 2. The molecule has 0 saturated heterocycles. The molecule has 0 rings (SSSR count). The van der Waals surface area contributed by atoms with E-state index in [0.717, 1.165) is 12.2 Å². The Kier molecular flexibility index (Phi) is 9.11. The fourth-order valence-corrected chi connectivity index (χ4v) is 1.01. The van der Waals surface area contributed by atoms with Crippen LogP contribution in [0.1, 0.15) is 6.92 Å². The topological polar surface area (TPSA) is 115 Å². The summed E-state index contributed by atoms with van der Waals surface area (Å²) < 4.78 is 9.16. The van der Waals surface area contributed by atoms with Gasteiger partial charge in [-0.15, -0.1) is 0 Å². The summed E-state index contributed by atoms with van der Waals surface area (Å²) in [6, 6.07) is 0. The van der Waals surface area contributed by atoms with Crippen molar-refractivity contribution in [2.75, 3.05) is 26.8 Å². The largest absolute Gasteiger partial charge is 0.478 e. The van der Waals surface area contributed by atoms with Crippen LogP contribution in [0.2, 0.25) is 0 Å². The minimum Gasteiger partial charge on any atom is -0.478 e. The molecule has 0 aliphatic rings. The number of rotatable bonds is 8. The quantitative estimate of drug-likeness (QED) is 0.399. The molecule has 0 spiro atoms. The molecule has 1 N–H and O–H groups in total. The maximum Gasteiger partial charge on any atom is 0.335 e. The van der Waals surface area contributed by atoms with E-state index in [-0.39, 0.29) is 25.3 Å². The molecule has 0 aromatic heterocycles. The van der Waals surface area contributed by atoms with Gasteiger partial charge in [-0.2, -0.15) is 10.2 Å². The van der Waals surface area contributed by atoms with Gasteiger partial charge in [-0.05, 0) is 6.92 Å². The molecule has 0 unspecified atom stereocenters. The molecule has 8 heteroatoms. The number of azo groups is 1. The fourth-order valence-electron chi connectivity index (χ4n) is 1.01. The molecule has 0 aromatic carbocycles. The van der Waals surface area contributed by atoms with Gasteiger partial charge >= 0.3 is 17.9 Å². The summed E-state index contributed by atoms with van der Waals surface area (Å²) in [6.45, 7) is 1.72. The lowest BCUT2D eigenvalue weighted by molar-refractivity contribution is -0.139. The van der Waals surface area contributed by atoms with Crippen LogP contribution in [0.5, 0.6) is 0 Å². The Labute approximate surface area is 115 Å². The second-order valence-corrected chi connectivity index (χ2v) is 3.28. The first-order chi connectivity index (χ1) is 9.51. The summed E-state index contributed by atoms with van der Waals surface area (Å²) >= 11 is 0. The van der Waals surface area contributed by atoms with E-state index in [1.54, 1.807) is 6.92 Å². The summed E-state index contributed by atoms with van der Waals surface area (Å²) in [6.07, 6.45) is 3.20. The molecule has 0 amide bonds. The first-order valence-electron chi connectivity index (χ1n) is 5.69. The molecule has 0 heterocycles. The third-order valence-electron chi connectivity index (χ3n) is 1.81. The Morgan fingerprint density at radius 3 is 2.50 bits per heavy atom. The summed E-state index contributed by atoms with van der Waals surface area (Å²) in [5.41, 5.74) is -0.00286. The van der Waals surface area contributed by atoms with Gasteiger partial charge in [-0.25, -0.2) is 14.4 Å². The molecular weight excluding hydrogens is 268 g/mol. The molecule has 0 radical (unpaired) electrons. The molecule has 0 fully saturated rings. The Balaban J connectivity index is 4.52. The lowest BCUT2D eigenvalue weighted by Crippen LogP contribution is -2.11. The number of carboxylic acids is 1. The number of aliphatic carboxylic acids is 1. The first kappa shape index (κ1) is 17.5. The van der Waals surface area contributed by atoms with Gasteiger partial charge in [0.05, 0.1) is 32.4 Å². The highest BCUT2D eigenvalue weighted by atomic mass is 16.5. The number of carbonyl (C=O) groups excluding carboxylic acids is 2. The third kappa shape index (κ3) is 8.56. The van der Waals surface area contributed by atoms with Crippen LogP contribution >= 0.6 is 0 Å². The Morgan fingerprint density at radius 2 is 1.95 bits per heavy atom. The van der Waals surface area contributed by atoms with Crippen LogP contribution in [0.3, 0.4) is 0 Å². The highest BCUT2D eigenvalue weighted by molar-refractivity contribution is 5.96. The predicted molar refractivity (Wildman–Crippen MR) is 68.1 cm³/mol. The van der Waals surface area contributed by atoms with E-state index >= 15 is 0 Å². The number of carboxylic acid groups (broad SMARTS) is 1. The molecule has 0 aromatic rings. The first-order valence-corrected chi connectivity index (χ1v) is 5.69. The Morgan fingerprint density at radius 1 is 1.25 bits per heavy atom. The zero-order chi connectivity index (χ0) is 15.4. The molecule has 0 aliphatic heterocycles. The maximum absolute atomic E-state index is 11.4. The van der Waals surface area contributed by atoms with E-state index in [4.69, 9.17) is 5.11 Å². The van der Waals surface area contributed by atoms with E-state index in [9.17, 15) is 14.4 Å². The van der Waals surface area contributed by atoms with Gasteiger partial charge in [0.1, 0.15) is 0 Å². The number of methoxy groups -OCH3 is 1. The highest BCUT2D eigenvalue weighted by Gasteiger charge is 2.11. The van der Waals surface area contributed by atoms with Gasteiger partial charge in [-0.1, -0.05) is 6.08 Å². The summed E-state index contributed by atoms with van der Waals surface area (Å²) in [5, 5.41) is 15.6.